The van der Waals surface area contributed by atoms with Crippen LogP contribution in [0.15, 0.2) is 22.7 Å². The van der Waals surface area contributed by atoms with E-state index < -0.39 is 0 Å². The first kappa shape index (κ1) is 12.4. The molecule has 5 nitrogen and oxygen atoms in total. The van der Waals surface area contributed by atoms with Gasteiger partial charge in [0.1, 0.15) is 5.56 Å². The molecule has 6 heteroatoms. The highest BCUT2D eigenvalue weighted by atomic mass is 35.5. The van der Waals surface area contributed by atoms with Gasteiger partial charge in [0.2, 0.25) is 5.88 Å². The molecule has 94 valence electrons. The minimum absolute atomic E-state index is 0.00297. The van der Waals surface area contributed by atoms with Gasteiger partial charge in [0.05, 0.1) is 5.69 Å². The molecule has 0 aliphatic rings. The zero-order chi connectivity index (χ0) is 13.3. The second-order valence-corrected chi connectivity index (χ2v) is 4.33. The van der Waals surface area contributed by atoms with Gasteiger partial charge in [-0.3, -0.25) is 4.79 Å². The average molecular weight is 266 g/mol. The lowest BCUT2D eigenvalue weighted by Gasteiger charge is -2.06. The Morgan fingerprint density at radius 3 is 2.72 bits per heavy atom. The largest absolute Gasteiger partial charge is 0.367 e. The molecule has 0 unspecified atom stereocenters. The molecule has 2 aromatic rings. The predicted molar refractivity (Wildman–Crippen MR) is 69.8 cm³/mol. The number of amides is 1. The van der Waals surface area contributed by atoms with E-state index >= 15 is 0 Å². The zero-order valence-corrected chi connectivity index (χ0v) is 10.7. The molecule has 0 fully saturated rings. The fourth-order valence-corrected chi connectivity index (χ4v) is 1.71. The number of carbonyl (C=O) groups excluding carboxylic acids is 1. The van der Waals surface area contributed by atoms with Gasteiger partial charge in [0.15, 0.2) is 0 Å². The molecule has 0 atom stereocenters. The zero-order valence-electron chi connectivity index (χ0n) is 9.95. The third-order valence-corrected chi connectivity index (χ3v) is 2.95. The molecule has 1 aromatic heterocycles. The maximum atomic E-state index is 12.0. The molecule has 1 amide bonds. The number of hydrogen-bond donors (Lipinski definition) is 2. The van der Waals surface area contributed by atoms with Gasteiger partial charge in [0, 0.05) is 10.7 Å². The molecule has 0 aliphatic carbocycles. The molecule has 0 spiro atoms. The van der Waals surface area contributed by atoms with Crippen molar-refractivity contribution in [3.05, 3.63) is 40.0 Å². The van der Waals surface area contributed by atoms with Crippen LogP contribution in [0.3, 0.4) is 0 Å². The smallest absolute Gasteiger partial charge is 0.263 e. The highest BCUT2D eigenvalue weighted by Crippen LogP contribution is 2.22. The van der Waals surface area contributed by atoms with Gasteiger partial charge in [-0.1, -0.05) is 22.8 Å². The third kappa shape index (κ3) is 2.31. The Balaban J connectivity index is 2.24. The SMILES string of the molecule is Cc1ccc(NC(=O)c2c(C)noc2N)cc1Cl. The Kier molecular flexibility index (Phi) is 3.25. The Hall–Kier alpha value is -2.01. The van der Waals surface area contributed by atoms with Gasteiger partial charge in [-0.15, -0.1) is 0 Å². The van der Waals surface area contributed by atoms with Crippen LogP contribution in [0.1, 0.15) is 21.6 Å². The van der Waals surface area contributed by atoms with Crippen molar-refractivity contribution in [2.75, 3.05) is 11.1 Å². The highest BCUT2D eigenvalue weighted by molar-refractivity contribution is 6.31. The van der Waals surface area contributed by atoms with E-state index in [9.17, 15) is 4.79 Å². The molecule has 0 saturated heterocycles. The maximum absolute atomic E-state index is 12.0. The molecule has 0 saturated carbocycles. The van der Waals surface area contributed by atoms with Crippen LogP contribution in [0.4, 0.5) is 11.6 Å². The van der Waals surface area contributed by atoms with E-state index in [1.54, 1.807) is 19.1 Å². The fraction of sp³-hybridized carbons (Fsp3) is 0.167. The Bertz CT molecular complexity index is 588. The van der Waals surface area contributed by atoms with Crippen LogP contribution in [-0.2, 0) is 0 Å². The van der Waals surface area contributed by atoms with Crippen LogP contribution in [0.2, 0.25) is 5.02 Å². The van der Waals surface area contributed by atoms with Crippen LogP contribution >= 0.6 is 11.6 Å². The molecular formula is C12H12ClN3O2. The van der Waals surface area contributed by atoms with Crippen LogP contribution in [0.5, 0.6) is 0 Å². The quantitative estimate of drug-likeness (QED) is 0.875. The number of anilines is 2. The van der Waals surface area contributed by atoms with Gasteiger partial charge < -0.3 is 15.6 Å². The molecule has 1 aromatic carbocycles. The van der Waals surface area contributed by atoms with E-state index in [1.165, 1.54) is 0 Å². The van der Waals surface area contributed by atoms with Crippen molar-refractivity contribution in [1.29, 1.82) is 0 Å². The molecule has 1 heterocycles. The van der Waals surface area contributed by atoms with Crippen molar-refractivity contribution in [3.63, 3.8) is 0 Å². The number of halogens is 1. The molecule has 3 N–H and O–H groups in total. The summed E-state index contributed by atoms with van der Waals surface area (Å²) in [5.74, 6) is -0.366. The summed E-state index contributed by atoms with van der Waals surface area (Å²) in [6, 6.07) is 5.26. The minimum atomic E-state index is -0.369. The van der Waals surface area contributed by atoms with Crippen molar-refractivity contribution in [3.8, 4) is 0 Å². The number of carbonyl (C=O) groups is 1. The van der Waals surface area contributed by atoms with Gasteiger partial charge in [-0.05, 0) is 31.5 Å². The van der Waals surface area contributed by atoms with Gasteiger partial charge in [-0.2, -0.15) is 0 Å². The second kappa shape index (κ2) is 4.70. The molecule has 18 heavy (non-hydrogen) atoms. The predicted octanol–water partition coefficient (Wildman–Crippen LogP) is 2.78. The van der Waals surface area contributed by atoms with Gasteiger partial charge >= 0.3 is 0 Å². The van der Waals surface area contributed by atoms with Crippen LogP contribution in [-0.4, -0.2) is 11.1 Å². The molecule has 0 radical (unpaired) electrons. The Morgan fingerprint density at radius 1 is 1.44 bits per heavy atom. The Morgan fingerprint density at radius 2 is 2.17 bits per heavy atom. The maximum Gasteiger partial charge on any atom is 0.263 e. The number of benzene rings is 1. The van der Waals surface area contributed by atoms with Gasteiger partial charge in [0.25, 0.3) is 5.91 Å². The lowest BCUT2D eigenvalue weighted by molar-refractivity contribution is 0.102. The summed E-state index contributed by atoms with van der Waals surface area (Å²) >= 11 is 5.98. The van der Waals surface area contributed by atoms with E-state index in [1.807, 2.05) is 13.0 Å². The first-order valence-electron chi connectivity index (χ1n) is 5.28. The van der Waals surface area contributed by atoms with Crippen molar-refractivity contribution in [1.82, 2.24) is 5.16 Å². The number of nitrogens with two attached hydrogens (primary N) is 1. The fourth-order valence-electron chi connectivity index (χ4n) is 1.53. The van der Waals surface area contributed by atoms with E-state index in [-0.39, 0.29) is 17.4 Å². The minimum Gasteiger partial charge on any atom is -0.367 e. The number of aryl methyl sites for hydroxylation is 2. The standard InChI is InChI=1S/C12H12ClN3O2/c1-6-3-4-8(5-9(6)13)15-12(17)10-7(2)16-18-11(10)14/h3-5H,14H2,1-2H3,(H,15,17). The van der Waals surface area contributed by atoms with Crippen molar-refractivity contribution in [2.24, 2.45) is 0 Å². The number of hydrogen-bond acceptors (Lipinski definition) is 4. The summed E-state index contributed by atoms with van der Waals surface area (Å²) in [5.41, 5.74) is 7.76. The highest BCUT2D eigenvalue weighted by Gasteiger charge is 2.18. The van der Waals surface area contributed by atoms with Gasteiger partial charge in [-0.25, -0.2) is 0 Å². The Labute approximate surface area is 109 Å². The number of nitrogens with zero attached hydrogens (tertiary/aromatic N) is 1. The normalized spacial score (nSPS) is 10.4. The first-order valence-corrected chi connectivity index (χ1v) is 5.66. The summed E-state index contributed by atoms with van der Waals surface area (Å²) in [5, 5.41) is 6.90. The number of aromatic nitrogens is 1. The van der Waals surface area contributed by atoms with E-state index in [0.717, 1.165) is 5.56 Å². The van der Waals surface area contributed by atoms with Crippen LogP contribution < -0.4 is 11.1 Å². The van der Waals surface area contributed by atoms with Crippen LogP contribution in [0, 0.1) is 13.8 Å². The summed E-state index contributed by atoms with van der Waals surface area (Å²) in [7, 11) is 0. The monoisotopic (exact) mass is 265 g/mol. The molecular weight excluding hydrogens is 254 g/mol. The average Bonchev–Trinajstić information content (AvgIpc) is 2.64. The molecule has 0 aliphatic heterocycles. The lowest BCUT2D eigenvalue weighted by Crippen LogP contribution is -2.14. The third-order valence-electron chi connectivity index (χ3n) is 2.55. The number of rotatable bonds is 2. The van der Waals surface area contributed by atoms with E-state index in [2.05, 4.69) is 10.5 Å². The lowest BCUT2D eigenvalue weighted by atomic mass is 10.2. The summed E-state index contributed by atoms with van der Waals surface area (Å²) in [6.45, 7) is 3.53. The topological polar surface area (TPSA) is 81.2 Å². The van der Waals surface area contributed by atoms with Crippen molar-refractivity contribution in [2.45, 2.75) is 13.8 Å². The van der Waals surface area contributed by atoms with E-state index in [4.69, 9.17) is 21.9 Å². The van der Waals surface area contributed by atoms with Crippen LogP contribution in [0.25, 0.3) is 0 Å². The summed E-state index contributed by atoms with van der Waals surface area (Å²) in [6.07, 6.45) is 0. The number of nitrogen functional groups attached to an aromatic ring is 1. The van der Waals surface area contributed by atoms with E-state index in [0.29, 0.717) is 16.4 Å². The second-order valence-electron chi connectivity index (χ2n) is 3.93. The molecule has 0 bridgehead atoms. The van der Waals surface area contributed by atoms with Crippen molar-refractivity contribution >= 4 is 29.1 Å². The summed E-state index contributed by atoms with van der Waals surface area (Å²) < 4.78 is 4.74. The van der Waals surface area contributed by atoms with Crippen molar-refractivity contribution < 1.29 is 9.32 Å². The summed E-state index contributed by atoms with van der Waals surface area (Å²) in [4.78, 5) is 12.0. The number of nitrogens with one attached hydrogen (secondary N) is 1. The molecule has 2 rings (SSSR count). The first-order chi connectivity index (χ1) is 8.49.